The second kappa shape index (κ2) is 7.27. The van der Waals surface area contributed by atoms with Crippen LogP contribution < -0.4 is 5.56 Å². The highest BCUT2D eigenvalue weighted by Crippen LogP contribution is 2.33. The topological polar surface area (TPSA) is 92.8 Å². The van der Waals surface area contributed by atoms with Crippen LogP contribution in [0.25, 0.3) is 5.65 Å². The van der Waals surface area contributed by atoms with Gasteiger partial charge in [0.2, 0.25) is 0 Å². The van der Waals surface area contributed by atoms with E-state index in [9.17, 15) is 9.59 Å². The third-order valence-electron chi connectivity index (χ3n) is 5.32. The lowest BCUT2D eigenvalue weighted by atomic mass is 10.1. The maximum atomic E-state index is 13.0. The van der Waals surface area contributed by atoms with Gasteiger partial charge in [-0.3, -0.25) is 14.7 Å². The third-order valence-corrected chi connectivity index (χ3v) is 5.32. The Morgan fingerprint density at radius 1 is 1.43 bits per heavy atom. The molecule has 0 bridgehead atoms. The molecule has 0 radical (unpaired) electrons. The van der Waals surface area contributed by atoms with Crippen LogP contribution in [0.5, 0.6) is 0 Å². The molecule has 1 aliphatic heterocycles. The zero-order valence-corrected chi connectivity index (χ0v) is 16.3. The standard InChI is InChI=1S/C20H24N4O4/c1-4-14-12(2)21-18-10-15(22-24(18)19(14)25)16-6-5-9-23(16)20(26)17-8-7-13(28-17)11-27-3/h7-8,10,16,22H,4-6,9,11H2,1-3H3. The fourth-order valence-corrected chi connectivity index (χ4v) is 3.95. The quantitative estimate of drug-likeness (QED) is 0.730. The zero-order valence-electron chi connectivity index (χ0n) is 16.3. The molecule has 1 saturated heterocycles. The van der Waals surface area contributed by atoms with E-state index in [2.05, 4.69) is 10.1 Å². The fraction of sp³-hybridized carbons (Fsp3) is 0.450. The number of furan rings is 1. The number of H-pyrrole nitrogens is 1. The van der Waals surface area contributed by atoms with Crippen molar-refractivity contribution in [2.45, 2.75) is 45.8 Å². The van der Waals surface area contributed by atoms with Crippen LogP contribution >= 0.6 is 0 Å². The van der Waals surface area contributed by atoms with Crippen molar-refractivity contribution in [1.29, 1.82) is 0 Å². The maximum Gasteiger partial charge on any atom is 0.290 e. The average molecular weight is 384 g/mol. The van der Waals surface area contributed by atoms with Gasteiger partial charge in [-0.1, -0.05) is 6.92 Å². The normalized spacial score (nSPS) is 17.0. The summed E-state index contributed by atoms with van der Waals surface area (Å²) in [5, 5.41) is 3.17. The number of nitrogens with zero attached hydrogens (tertiary/aromatic N) is 3. The van der Waals surface area contributed by atoms with Crippen LogP contribution in [0, 0.1) is 6.92 Å². The maximum absolute atomic E-state index is 13.0. The molecule has 0 spiro atoms. The van der Waals surface area contributed by atoms with E-state index in [4.69, 9.17) is 9.15 Å². The van der Waals surface area contributed by atoms with Crippen LogP contribution in [0.2, 0.25) is 0 Å². The first-order valence-corrected chi connectivity index (χ1v) is 9.53. The van der Waals surface area contributed by atoms with Crippen LogP contribution in [0.3, 0.4) is 0 Å². The predicted molar refractivity (Wildman–Crippen MR) is 102 cm³/mol. The van der Waals surface area contributed by atoms with Crippen molar-refractivity contribution in [1.82, 2.24) is 19.5 Å². The van der Waals surface area contributed by atoms with Crippen molar-refractivity contribution >= 4 is 11.6 Å². The van der Waals surface area contributed by atoms with E-state index < -0.39 is 0 Å². The average Bonchev–Trinajstić information content (AvgIpc) is 3.40. The van der Waals surface area contributed by atoms with Gasteiger partial charge in [0.1, 0.15) is 12.4 Å². The molecule has 1 aliphatic rings. The minimum atomic E-state index is -0.158. The number of amides is 1. The zero-order chi connectivity index (χ0) is 19.8. The lowest BCUT2D eigenvalue weighted by Crippen LogP contribution is -2.30. The summed E-state index contributed by atoms with van der Waals surface area (Å²) in [7, 11) is 1.58. The highest BCUT2D eigenvalue weighted by atomic mass is 16.5. The van der Waals surface area contributed by atoms with Crippen LogP contribution in [0.1, 0.15) is 59.1 Å². The lowest BCUT2D eigenvalue weighted by Gasteiger charge is -2.22. The minimum absolute atomic E-state index is 0.0811. The Morgan fingerprint density at radius 3 is 3.00 bits per heavy atom. The molecule has 1 fully saturated rings. The number of aromatic nitrogens is 3. The van der Waals surface area contributed by atoms with E-state index in [1.807, 2.05) is 19.9 Å². The first kappa shape index (κ1) is 18.5. The highest BCUT2D eigenvalue weighted by molar-refractivity contribution is 5.92. The number of aryl methyl sites for hydroxylation is 1. The van der Waals surface area contributed by atoms with Gasteiger partial charge in [-0.05, 0) is 38.3 Å². The first-order valence-electron chi connectivity index (χ1n) is 9.53. The molecule has 0 saturated carbocycles. The van der Waals surface area contributed by atoms with Crippen LogP contribution in [-0.2, 0) is 17.8 Å². The molecule has 148 valence electrons. The van der Waals surface area contributed by atoms with Gasteiger partial charge < -0.3 is 14.1 Å². The lowest BCUT2D eigenvalue weighted by molar-refractivity contribution is 0.0692. The number of carbonyl (C=O) groups is 1. The SMILES string of the molecule is CCc1c(C)nc2cc(C3CCCN3C(=O)c3ccc(COC)o3)[nH]n2c1=O. The van der Waals surface area contributed by atoms with E-state index in [0.29, 0.717) is 42.3 Å². The van der Waals surface area contributed by atoms with Crippen molar-refractivity contribution in [2.24, 2.45) is 0 Å². The Hall–Kier alpha value is -2.87. The second-order valence-electron chi connectivity index (χ2n) is 7.10. The highest BCUT2D eigenvalue weighted by Gasteiger charge is 2.33. The van der Waals surface area contributed by atoms with Gasteiger partial charge in [-0.25, -0.2) is 9.50 Å². The summed E-state index contributed by atoms with van der Waals surface area (Å²) in [5.41, 5.74) is 2.76. The van der Waals surface area contributed by atoms with Gasteiger partial charge in [0.05, 0.1) is 11.7 Å². The summed E-state index contributed by atoms with van der Waals surface area (Å²) >= 11 is 0. The number of hydrogen-bond donors (Lipinski definition) is 1. The Balaban J connectivity index is 1.67. The van der Waals surface area contributed by atoms with Crippen molar-refractivity contribution in [3.63, 3.8) is 0 Å². The molecule has 1 unspecified atom stereocenters. The molecule has 4 heterocycles. The summed E-state index contributed by atoms with van der Waals surface area (Å²) < 4.78 is 12.1. The molecule has 1 atom stereocenters. The van der Waals surface area contributed by atoms with Gasteiger partial charge >= 0.3 is 0 Å². The number of ether oxygens (including phenoxy) is 1. The summed E-state index contributed by atoms with van der Waals surface area (Å²) in [5.74, 6) is 0.759. The molecule has 1 amide bonds. The number of likely N-dealkylation sites (tertiary alicyclic amines) is 1. The Labute approximate surface area is 162 Å². The summed E-state index contributed by atoms with van der Waals surface area (Å²) in [4.78, 5) is 32.0. The van der Waals surface area contributed by atoms with Gasteiger partial charge in [0, 0.05) is 31.0 Å². The Morgan fingerprint density at radius 2 is 2.25 bits per heavy atom. The van der Waals surface area contributed by atoms with Crippen LogP contribution in [0.4, 0.5) is 0 Å². The number of rotatable bonds is 5. The van der Waals surface area contributed by atoms with Gasteiger partial charge in [-0.15, -0.1) is 0 Å². The molecule has 3 aromatic rings. The van der Waals surface area contributed by atoms with E-state index in [1.165, 1.54) is 4.52 Å². The third kappa shape index (κ3) is 3.03. The van der Waals surface area contributed by atoms with Crippen LogP contribution in [0.15, 0.2) is 27.4 Å². The van der Waals surface area contributed by atoms with Crippen molar-refractivity contribution in [3.8, 4) is 0 Å². The molecule has 8 nitrogen and oxygen atoms in total. The van der Waals surface area contributed by atoms with E-state index in [0.717, 1.165) is 24.2 Å². The summed E-state index contributed by atoms with van der Waals surface area (Å²) in [6.45, 7) is 4.76. The fourth-order valence-electron chi connectivity index (χ4n) is 3.95. The molecule has 4 rings (SSSR count). The number of methoxy groups -OCH3 is 1. The molecule has 1 N–H and O–H groups in total. The van der Waals surface area contributed by atoms with E-state index in [-0.39, 0.29) is 17.5 Å². The second-order valence-corrected chi connectivity index (χ2v) is 7.10. The molecule has 28 heavy (non-hydrogen) atoms. The Kier molecular flexibility index (Phi) is 4.80. The predicted octanol–water partition coefficient (Wildman–Crippen LogP) is 2.61. The van der Waals surface area contributed by atoms with Crippen molar-refractivity contribution in [2.75, 3.05) is 13.7 Å². The number of carbonyl (C=O) groups excluding carboxylic acids is 1. The summed E-state index contributed by atoms with van der Waals surface area (Å²) in [6.07, 6.45) is 2.34. The van der Waals surface area contributed by atoms with Crippen LogP contribution in [-0.4, -0.2) is 39.1 Å². The molecule has 3 aromatic heterocycles. The first-order chi connectivity index (χ1) is 13.5. The van der Waals surface area contributed by atoms with Crippen molar-refractivity contribution < 1.29 is 13.9 Å². The van der Waals surface area contributed by atoms with Gasteiger partial charge in [-0.2, -0.15) is 0 Å². The molecular formula is C20H24N4O4. The van der Waals surface area contributed by atoms with E-state index >= 15 is 0 Å². The monoisotopic (exact) mass is 384 g/mol. The molecular weight excluding hydrogens is 360 g/mol. The smallest absolute Gasteiger partial charge is 0.290 e. The number of nitrogens with one attached hydrogen (secondary N) is 1. The molecule has 0 aromatic carbocycles. The Bertz CT molecular complexity index is 1080. The minimum Gasteiger partial charge on any atom is -0.453 e. The summed E-state index contributed by atoms with van der Waals surface area (Å²) in [6, 6.07) is 5.15. The van der Waals surface area contributed by atoms with E-state index in [1.54, 1.807) is 24.1 Å². The largest absolute Gasteiger partial charge is 0.453 e. The van der Waals surface area contributed by atoms with Gasteiger partial charge in [0.15, 0.2) is 11.4 Å². The number of aromatic amines is 1. The number of hydrogen-bond acceptors (Lipinski definition) is 5. The van der Waals surface area contributed by atoms with Gasteiger partial charge in [0.25, 0.3) is 11.5 Å². The molecule has 0 aliphatic carbocycles. The number of fused-ring (bicyclic) bond motifs is 1. The molecule has 8 heteroatoms. The van der Waals surface area contributed by atoms with Crippen molar-refractivity contribution in [3.05, 3.63) is 57.0 Å².